The van der Waals surface area contributed by atoms with Crippen molar-refractivity contribution in [3.8, 4) is 17.2 Å². The second-order valence-electron chi connectivity index (χ2n) is 10.7. The van der Waals surface area contributed by atoms with Crippen LogP contribution in [-0.4, -0.2) is 70.0 Å². The molecular formula is C32H37N3O5. The highest BCUT2D eigenvalue weighted by Gasteiger charge is 2.29. The van der Waals surface area contributed by atoms with E-state index in [1.807, 2.05) is 48.5 Å². The number of rotatable bonds is 9. The van der Waals surface area contributed by atoms with E-state index in [-0.39, 0.29) is 22.6 Å². The molecule has 8 nitrogen and oxygen atoms in total. The average Bonchev–Trinajstić information content (AvgIpc) is 3.39. The van der Waals surface area contributed by atoms with Crippen LogP contribution in [0.1, 0.15) is 63.1 Å². The topological polar surface area (TPSA) is 93.6 Å². The predicted octanol–water partition coefficient (Wildman–Crippen LogP) is 4.78. The molecule has 0 unspecified atom stereocenters. The molecule has 2 heterocycles. The third kappa shape index (κ3) is 6.39. The second-order valence-corrected chi connectivity index (χ2v) is 10.7. The predicted molar refractivity (Wildman–Crippen MR) is 152 cm³/mol. The van der Waals surface area contributed by atoms with E-state index >= 15 is 0 Å². The summed E-state index contributed by atoms with van der Waals surface area (Å²) in [6.07, 6.45) is 4.88. The second kappa shape index (κ2) is 12.4. The number of carbonyl (C=O) groups is 2. The van der Waals surface area contributed by atoms with Gasteiger partial charge in [0.2, 0.25) is 0 Å². The molecule has 2 aliphatic heterocycles. The van der Waals surface area contributed by atoms with Crippen molar-refractivity contribution in [2.45, 2.75) is 45.3 Å². The SMILES string of the molecule is CN(Cc1ccccc1)C(=O)c1cc(C(=O)N2Cc3ccc(OCCCN4CCCCC4)cc3C2)c(O)cc1O. The zero-order chi connectivity index (χ0) is 28.1. The summed E-state index contributed by atoms with van der Waals surface area (Å²) in [7, 11) is 1.63. The van der Waals surface area contributed by atoms with Crippen molar-refractivity contribution in [2.75, 3.05) is 33.3 Å². The zero-order valence-electron chi connectivity index (χ0n) is 23.0. The molecule has 1 saturated heterocycles. The Labute approximate surface area is 235 Å². The summed E-state index contributed by atoms with van der Waals surface area (Å²) in [6.45, 7) is 5.16. The van der Waals surface area contributed by atoms with Crippen molar-refractivity contribution in [3.05, 3.63) is 88.5 Å². The van der Waals surface area contributed by atoms with Crippen LogP contribution >= 0.6 is 0 Å². The first-order valence-electron chi connectivity index (χ1n) is 14.0. The lowest BCUT2D eigenvalue weighted by Crippen LogP contribution is -2.31. The Hall–Kier alpha value is -4.04. The van der Waals surface area contributed by atoms with Crippen LogP contribution in [0.15, 0.2) is 60.7 Å². The van der Waals surface area contributed by atoms with Gasteiger partial charge in [-0.3, -0.25) is 9.59 Å². The molecule has 0 atom stereocenters. The molecule has 5 rings (SSSR count). The van der Waals surface area contributed by atoms with Gasteiger partial charge < -0.3 is 29.6 Å². The third-order valence-electron chi connectivity index (χ3n) is 7.71. The number of carbonyl (C=O) groups excluding carboxylic acids is 2. The van der Waals surface area contributed by atoms with Crippen LogP contribution in [0.3, 0.4) is 0 Å². The molecule has 8 heteroatoms. The molecule has 0 spiro atoms. The van der Waals surface area contributed by atoms with E-state index in [4.69, 9.17) is 4.74 Å². The first-order valence-corrected chi connectivity index (χ1v) is 14.0. The fourth-order valence-electron chi connectivity index (χ4n) is 5.49. The number of phenolic OH excluding ortho intramolecular Hbond substituents is 2. The number of hydrogen-bond donors (Lipinski definition) is 2. The van der Waals surface area contributed by atoms with Crippen molar-refractivity contribution in [2.24, 2.45) is 0 Å². The van der Waals surface area contributed by atoms with Crippen LogP contribution in [0.4, 0.5) is 0 Å². The van der Waals surface area contributed by atoms with Gasteiger partial charge in [-0.1, -0.05) is 42.8 Å². The van der Waals surface area contributed by atoms with Crippen LogP contribution in [0.2, 0.25) is 0 Å². The van der Waals surface area contributed by atoms with Crippen LogP contribution in [-0.2, 0) is 19.6 Å². The molecule has 210 valence electrons. The molecule has 0 radical (unpaired) electrons. The van der Waals surface area contributed by atoms with E-state index in [1.165, 1.54) is 43.3 Å². The lowest BCUT2D eigenvalue weighted by Gasteiger charge is -2.26. The van der Waals surface area contributed by atoms with E-state index in [1.54, 1.807) is 11.9 Å². The summed E-state index contributed by atoms with van der Waals surface area (Å²) in [5, 5.41) is 21.0. The maximum atomic E-state index is 13.5. The van der Waals surface area contributed by atoms with Gasteiger partial charge in [0.25, 0.3) is 11.8 Å². The molecule has 2 N–H and O–H groups in total. The molecule has 2 aliphatic rings. The van der Waals surface area contributed by atoms with Gasteiger partial charge in [0.1, 0.15) is 17.2 Å². The molecule has 0 saturated carbocycles. The maximum absolute atomic E-state index is 13.5. The standard InChI is InChI=1S/C32H37N3O5/c1-33(20-23-9-4-2-5-10-23)31(38)27-18-28(30(37)19-29(27)36)32(39)35-21-24-11-12-26(17-25(24)22-35)40-16-8-15-34-13-6-3-7-14-34/h2,4-5,9-12,17-19,36-37H,3,6-8,13-16,20-22H2,1H3. The van der Waals surface area contributed by atoms with E-state index < -0.39 is 11.8 Å². The van der Waals surface area contributed by atoms with Gasteiger partial charge in [-0.25, -0.2) is 0 Å². The lowest BCUT2D eigenvalue weighted by atomic mass is 10.1. The summed E-state index contributed by atoms with van der Waals surface area (Å²) in [5.74, 6) is -0.794. The minimum atomic E-state index is -0.442. The number of piperidine rings is 1. The largest absolute Gasteiger partial charge is 0.507 e. The highest BCUT2D eigenvalue weighted by molar-refractivity contribution is 6.03. The Balaban J connectivity index is 1.21. The van der Waals surface area contributed by atoms with Gasteiger partial charge in [0, 0.05) is 39.3 Å². The highest BCUT2D eigenvalue weighted by atomic mass is 16.5. The van der Waals surface area contributed by atoms with Crippen LogP contribution in [0.25, 0.3) is 0 Å². The molecule has 40 heavy (non-hydrogen) atoms. The quantitative estimate of drug-likeness (QED) is 0.378. The summed E-state index contributed by atoms with van der Waals surface area (Å²) >= 11 is 0. The smallest absolute Gasteiger partial charge is 0.258 e. The van der Waals surface area contributed by atoms with Crippen molar-refractivity contribution in [1.29, 1.82) is 0 Å². The Bertz CT molecular complexity index is 1350. The lowest BCUT2D eigenvalue weighted by molar-refractivity contribution is 0.0748. The zero-order valence-corrected chi connectivity index (χ0v) is 23.0. The maximum Gasteiger partial charge on any atom is 0.258 e. The molecule has 3 aromatic carbocycles. The molecule has 1 fully saturated rings. The molecular weight excluding hydrogens is 506 g/mol. The van der Waals surface area contributed by atoms with E-state index in [2.05, 4.69) is 4.90 Å². The van der Waals surface area contributed by atoms with Crippen molar-refractivity contribution >= 4 is 11.8 Å². The first kappa shape index (κ1) is 27.5. The minimum Gasteiger partial charge on any atom is -0.507 e. The molecule has 0 aromatic heterocycles. The molecule has 0 aliphatic carbocycles. The van der Waals surface area contributed by atoms with Gasteiger partial charge >= 0.3 is 0 Å². The van der Waals surface area contributed by atoms with E-state index in [9.17, 15) is 19.8 Å². The van der Waals surface area contributed by atoms with Gasteiger partial charge in [-0.2, -0.15) is 0 Å². The normalized spacial score (nSPS) is 15.1. The number of likely N-dealkylation sites (tertiary alicyclic amines) is 1. The number of nitrogens with zero attached hydrogens (tertiary/aromatic N) is 3. The van der Waals surface area contributed by atoms with Gasteiger partial charge in [-0.15, -0.1) is 0 Å². The van der Waals surface area contributed by atoms with Crippen molar-refractivity contribution < 1.29 is 24.5 Å². The van der Waals surface area contributed by atoms with E-state index in [0.29, 0.717) is 26.2 Å². The van der Waals surface area contributed by atoms with Crippen molar-refractivity contribution in [3.63, 3.8) is 0 Å². The Kier molecular flexibility index (Phi) is 8.55. The summed E-state index contributed by atoms with van der Waals surface area (Å²) in [5.41, 5.74) is 2.91. The Morgan fingerprint density at radius 3 is 2.38 bits per heavy atom. The molecule has 0 bridgehead atoms. The number of phenols is 2. The number of amides is 2. The van der Waals surface area contributed by atoms with Gasteiger partial charge in [0.15, 0.2) is 0 Å². The average molecular weight is 544 g/mol. The van der Waals surface area contributed by atoms with E-state index in [0.717, 1.165) is 41.5 Å². The first-order chi connectivity index (χ1) is 19.4. The fourth-order valence-corrected chi connectivity index (χ4v) is 5.49. The number of ether oxygens (including phenoxy) is 1. The minimum absolute atomic E-state index is 0.0174. The number of hydrogen-bond acceptors (Lipinski definition) is 6. The van der Waals surface area contributed by atoms with Crippen LogP contribution in [0.5, 0.6) is 17.2 Å². The summed E-state index contributed by atoms with van der Waals surface area (Å²) in [6, 6.07) is 17.7. The number of aromatic hydroxyl groups is 2. The fraction of sp³-hybridized carbons (Fsp3) is 0.375. The van der Waals surface area contributed by atoms with Gasteiger partial charge in [-0.05, 0) is 67.2 Å². The number of benzene rings is 3. The highest BCUT2D eigenvalue weighted by Crippen LogP contribution is 2.33. The summed E-state index contributed by atoms with van der Waals surface area (Å²) in [4.78, 5) is 32.2. The van der Waals surface area contributed by atoms with Crippen molar-refractivity contribution in [1.82, 2.24) is 14.7 Å². The molecule has 3 aromatic rings. The Morgan fingerprint density at radius 2 is 1.60 bits per heavy atom. The molecule has 2 amide bonds. The Morgan fingerprint density at radius 1 is 0.875 bits per heavy atom. The van der Waals surface area contributed by atoms with Crippen LogP contribution < -0.4 is 4.74 Å². The monoisotopic (exact) mass is 543 g/mol. The third-order valence-corrected chi connectivity index (χ3v) is 7.71. The summed E-state index contributed by atoms with van der Waals surface area (Å²) < 4.78 is 6.00. The van der Waals surface area contributed by atoms with Gasteiger partial charge in [0.05, 0.1) is 17.7 Å². The number of fused-ring (bicyclic) bond motifs is 1. The van der Waals surface area contributed by atoms with Crippen LogP contribution in [0, 0.1) is 0 Å².